The quantitative estimate of drug-likeness (QED) is 0.197. The summed E-state index contributed by atoms with van der Waals surface area (Å²) in [6, 6.07) is 11.7. The Bertz CT molecular complexity index is 1390. The first-order valence-corrected chi connectivity index (χ1v) is 11.5. The molecule has 0 fully saturated rings. The van der Waals surface area contributed by atoms with Crippen molar-refractivity contribution < 1.29 is 19.5 Å². The van der Waals surface area contributed by atoms with Crippen LogP contribution in [0, 0.1) is 0 Å². The van der Waals surface area contributed by atoms with Crippen molar-refractivity contribution in [1.82, 2.24) is 15.0 Å². The van der Waals surface area contributed by atoms with E-state index in [4.69, 9.17) is 14.7 Å². The van der Waals surface area contributed by atoms with Crippen molar-refractivity contribution in [2.45, 2.75) is 51.5 Å². The number of hydroxylamine groups is 1. The molecular formula is C25H27N3O5. The van der Waals surface area contributed by atoms with Gasteiger partial charge in [-0.15, -0.1) is 0 Å². The molecule has 3 N–H and O–H groups in total. The normalized spacial score (nSPS) is 12.8. The topological polar surface area (TPSA) is 106 Å². The molecule has 0 aliphatic carbocycles. The van der Waals surface area contributed by atoms with Gasteiger partial charge in [-0.25, -0.2) is 5.48 Å². The van der Waals surface area contributed by atoms with Gasteiger partial charge in [-0.3, -0.25) is 14.8 Å². The second-order valence-corrected chi connectivity index (χ2v) is 8.50. The number of aromatic nitrogens is 2. The number of amides is 1. The van der Waals surface area contributed by atoms with Gasteiger partial charge in [0, 0.05) is 35.2 Å². The van der Waals surface area contributed by atoms with Gasteiger partial charge in [0.15, 0.2) is 11.5 Å². The maximum absolute atomic E-state index is 12.8. The highest BCUT2D eigenvalue weighted by atomic mass is 16.7. The van der Waals surface area contributed by atoms with Crippen molar-refractivity contribution in [2.75, 3.05) is 6.79 Å². The molecule has 0 saturated heterocycles. The summed E-state index contributed by atoms with van der Waals surface area (Å²) in [6.07, 6.45) is 6.32. The van der Waals surface area contributed by atoms with Crippen molar-refractivity contribution >= 4 is 38.6 Å². The fourth-order valence-corrected chi connectivity index (χ4v) is 4.76. The highest BCUT2D eigenvalue weighted by molar-refractivity contribution is 6.16. The van der Waals surface area contributed by atoms with Gasteiger partial charge in [-0.2, -0.15) is 0 Å². The van der Waals surface area contributed by atoms with E-state index in [0.717, 1.165) is 78.1 Å². The second kappa shape index (κ2) is 9.15. The molecule has 2 aromatic carbocycles. The average Bonchev–Trinajstić information content (AvgIpc) is 3.41. The lowest BCUT2D eigenvalue weighted by Gasteiger charge is -2.10. The van der Waals surface area contributed by atoms with Gasteiger partial charge < -0.3 is 19.0 Å². The molecule has 172 valence electrons. The van der Waals surface area contributed by atoms with Crippen LogP contribution in [0.1, 0.15) is 44.9 Å². The van der Waals surface area contributed by atoms with Crippen LogP contribution in [0.4, 0.5) is 0 Å². The summed E-state index contributed by atoms with van der Waals surface area (Å²) in [5.74, 6) is 1.10. The Morgan fingerprint density at radius 2 is 1.67 bits per heavy atom. The molecule has 1 aliphatic rings. The Morgan fingerprint density at radius 3 is 2.45 bits per heavy atom. The number of carbonyl (C=O) groups is 1. The molecule has 1 aliphatic heterocycles. The molecule has 5 rings (SSSR count). The van der Waals surface area contributed by atoms with Gasteiger partial charge in [0.05, 0.1) is 16.6 Å². The van der Waals surface area contributed by atoms with Crippen molar-refractivity contribution in [1.29, 1.82) is 0 Å². The third kappa shape index (κ3) is 4.02. The third-order valence-corrected chi connectivity index (χ3v) is 6.38. The number of aryl methyl sites for hydroxylation is 1. The van der Waals surface area contributed by atoms with Gasteiger partial charge in [-0.1, -0.05) is 43.9 Å². The minimum absolute atomic E-state index is 0.0929. The average molecular weight is 450 g/mol. The van der Waals surface area contributed by atoms with Crippen molar-refractivity contribution in [3.63, 3.8) is 0 Å². The predicted molar refractivity (Wildman–Crippen MR) is 126 cm³/mol. The third-order valence-electron chi connectivity index (χ3n) is 6.38. The maximum Gasteiger partial charge on any atom is 0.256 e. The van der Waals surface area contributed by atoms with Crippen LogP contribution in [0.25, 0.3) is 32.7 Å². The Labute approximate surface area is 190 Å². The van der Waals surface area contributed by atoms with E-state index in [2.05, 4.69) is 9.55 Å². The highest BCUT2D eigenvalue weighted by Gasteiger charge is 2.21. The summed E-state index contributed by atoms with van der Waals surface area (Å²) in [7, 11) is 0. The molecular weight excluding hydrogens is 422 g/mol. The molecule has 0 radical (unpaired) electrons. The minimum Gasteiger partial charge on any atom is -0.454 e. The molecule has 0 unspecified atom stereocenters. The number of unbranched alkanes of at least 4 members (excludes halogenated alkanes) is 5. The number of aromatic amines is 1. The first kappa shape index (κ1) is 21.3. The first-order chi connectivity index (χ1) is 16.2. The number of carbonyl (C=O) groups excluding carboxylic acids is 1. The van der Waals surface area contributed by atoms with E-state index in [9.17, 15) is 9.59 Å². The number of pyridine rings is 1. The maximum atomic E-state index is 12.8. The summed E-state index contributed by atoms with van der Waals surface area (Å²) in [6.45, 7) is 1.03. The lowest BCUT2D eigenvalue weighted by Crippen LogP contribution is -2.17. The SMILES string of the molecule is O=C(CCCCCCCCn1c2cc3c(cc2c2[nH]c(=O)c4ccccc4c21)OCO3)NO. The summed E-state index contributed by atoms with van der Waals surface area (Å²) in [4.78, 5) is 26.9. The second-order valence-electron chi connectivity index (χ2n) is 8.50. The van der Waals surface area contributed by atoms with E-state index in [-0.39, 0.29) is 18.3 Å². The van der Waals surface area contributed by atoms with Gasteiger partial charge in [-0.05, 0) is 25.0 Å². The molecule has 0 bridgehead atoms. The molecule has 2 aromatic heterocycles. The number of H-pyrrole nitrogens is 1. The fraction of sp³-hybridized carbons (Fsp3) is 0.360. The molecule has 8 nitrogen and oxygen atoms in total. The van der Waals surface area contributed by atoms with Crippen LogP contribution in [-0.2, 0) is 11.3 Å². The van der Waals surface area contributed by atoms with Gasteiger partial charge in [0.25, 0.3) is 5.56 Å². The van der Waals surface area contributed by atoms with Crippen molar-refractivity contribution in [3.05, 3.63) is 46.8 Å². The van der Waals surface area contributed by atoms with Crippen LogP contribution in [-0.4, -0.2) is 27.5 Å². The summed E-state index contributed by atoms with van der Waals surface area (Å²) in [5.41, 5.74) is 4.46. The van der Waals surface area contributed by atoms with E-state index >= 15 is 0 Å². The fourth-order valence-electron chi connectivity index (χ4n) is 4.76. The number of nitrogens with zero attached hydrogens (tertiary/aromatic N) is 1. The summed E-state index contributed by atoms with van der Waals surface area (Å²) < 4.78 is 13.5. The van der Waals surface area contributed by atoms with Gasteiger partial charge in [0.2, 0.25) is 12.7 Å². The highest BCUT2D eigenvalue weighted by Crippen LogP contribution is 2.40. The van der Waals surface area contributed by atoms with Crippen LogP contribution in [0.2, 0.25) is 0 Å². The molecule has 0 saturated carbocycles. The van der Waals surface area contributed by atoms with Gasteiger partial charge in [0.1, 0.15) is 0 Å². The van der Waals surface area contributed by atoms with Crippen LogP contribution in [0.3, 0.4) is 0 Å². The molecule has 8 heteroatoms. The number of rotatable bonds is 9. The molecule has 4 aromatic rings. The zero-order valence-corrected chi connectivity index (χ0v) is 18.4. The van der Waals surface area contributed by atoms with E-state index < -0.39 is 0 Å². The zero-order valence-electron chi connectivity index (χ0n) is 18.4. The standard InChI is InChI=1S/C25H27N3O5/c29-22(27-31)11-5-3-1-2-4-8-12-28-19-14-21-20(32-15-33-21)13-18(19)23-24(28)16-9-6-7-10-17(16)25(30)26-23/h6-7,9-10,13-14,31H,1-5,8,11-12,15H2,(H,26,30)(H,27,29). The Hall–Kier alpha value is -3.52. The van der Waals surface area contributed by atoms with E-state index in [1.54, 1.807) is 5.48 Å². The number of benzene rings is 2. The predicted octanol–water partition coefficient (Wildman–Crippen LogP) is 4.60. The number of hydrogen-bond acceptors (Lipinski definition) is 5. The molecule has 3 heterocycles. The van der Waals surface area contributed by atoms with E-state index in [0.29, 0.717) is 17.6 Å². The van der Waals surface area contributed by atoms with Crippen LogP contribution in [0.15, 0.2) is 41.2 Å². The number of ether oxygens (including phenoxy) is 2. The Balaban J connectivity index is 1.41. The van der Waals surface area contributed by atoms with Crippen molar-refractivity contribution in [3.8, 4) is 11.5 Å². The zero-order chi connectivity index (χ0) is 22.8. The lowest BCUT2D eigenvalue weighted by atomic mass is 10.1. The minimum atomic E-state index is -0.326. The van der Waals surface area contributed by atoms with E-state index in [1.165, 1.54) is 0 Å². The molecule has 0 spiro atoms. The molecule has 33 heavy (non-hydrogen) atoms. The number of fused-ring (bicyclic) bond motifs is 6. The molecule has 1 amide bonds. The number of hydrogen-bond donors (Lipinski definition) is 3. The largest absolute Gasteiger partial charge is 0.454 e. The van der Waals surface area contributed by atoms with Crippen LogP contribution < -0.4 is 20.5 Å². The smallest absolute Gasteiger partial charge is 0.256 e. The van der Waals surface area contributed by atoms with Gasteiger partial charge >= 0.3 is 0 Å². The van der Waals surface area contributed by atoms with Crippen molar-refractivity contribution in [2.24, 2.45) is 0 Å². The first-order valence-electron chi connectivity index (χ1n) is 11.5. The molecule has 0 atom stereocenters. The summed E-state index contributed by atoms with van der Waals surface area (Å²) in [5, 5.41) is 11.1. The van der Waals surface area contributed by atoms with E-state index in [1.807, 2.05) is 36.4 Å². The Kier molecular flexibility index (Phi) is 5.92. The Morgan fingerprint density at radius 1 is 0.970 bits per heavy atom. The lowest BCUT2D eigenvalue weighted by molar-refractivity contribution is -0.129. The monoisotopic (exact) mass is 449 g/mol. The summed E-state index contributed by atoms with van der Waals surface area (Å²) >= 11 is 0. The number of nitrogens with one attached hydrogen (secondary N) is 2. The van der Waals surface area contributed by atoms with Crippen LogP contribution in [0.5, 0.6) is 11.5 Å². The van der Waals surface area contributed by atoms with Crippen LogP contribution >= 0.6 is 0 Å².